The Labute approximate surface area is 176 Å². The number of hydrogen-bond donors (Lipinski definition) is 0. The van der Waals surface area contributed by atoms with Gasteiger partial charge in [0.15, 0.2) is 0 Å². The molecule has 0 N–H and O–H groups in total. The lowest BCUT2D eigenvalue weighted by Crippen LogP contribution is -2.28. The van der Waals surface area contributed by atoms with E-state index >= 15 is 0 Å². The molecule has 30 heavy (non-hydrogen) atoms. The van der Waals surface area contributed by atoms with E-state index in [0.29, 0.717) is 17.3 Å². The van der Waals surface area contributed by atoms with Crippen LogP contribution in [0.25, 0.3) is 11.3 Å². The molecule has 0 bridgehead atoms. The quantitative estimate of drug-likeness (QED) is 0.481. The predicted octanol–water partition coefficient (Wildman–Crippen LogP) is 5.20. The summed E-state index contributed by atoms with van der Waals surface area (Å²) >= 11 is 0. The minimum atomic E-state index is -0.793. The van der Waals surface area contributed by atoms with Gasteiger partial charge in [-0.3, -0.25) is 9.59 Å². The number of carbonyl (C=O) groups excluding carboxylic acids is 2. The largest absolute Gasteiger partial charge is 0.497 e. The highest BCUT2D eigenvalue weighted by Gasteiger charge is 2.34. The SMILES string of the molecule is COc1ccc(-c2cc(C(c3ccc(OC)cc3)C(C(C)=O)C(C)=O)c(C)o2)cc1. The summed E-state index contributed by atoms with van der Waals surface area (Å²) in [5.41, 5.74) is 2.57. The van der Waals surface area contributed by atoms with Crippen LogP contribution >= 0.6 is 0 Å². The van der Waals surface area contributed by atoms with Crippen LogP contribution in [0.15, 0.2) is 59.0 Å². The van der Waals surface area contributed by atoms with E-state index in [9.17, 15) is 9.59 Å². The van der Waals surface area contributed by atoms with E-state index < -0.39 is 11.8 Å². The molecule has 0 aliphatic carbocycles. The van der Waals surface area contributed by atoms with Gasteiger partial charge < -0.3 is 13.9 Å². The maximum Gasteiger partial charge on any atom is 0.141 e. The first-order valence-corrected chi connectivity index (χ1v) is 9.75. The van der Waals surface area contributed by atoms with E-state index in [-0.39, 0.29) is 11.6 Å². The van der Waals surface area contributed by atoms with Crippen LogP contribution in [0.5, 0.6) is 11.5 Å². The number of aryl methyl sites for hydroxylation is 1. The molecule has 1 atom stereocenters. The van der Waals surface area contributed by atoms with Gasteiger partial charge in [0, 0.05) is 17.0 Å². The average Bonchev–Trinajstić information content (AvgIpc) is 3.12. The maximum absolute atomic E-state index is 12.5. The Bertz CT molecular complexity index is 1010. The summed E-state index contributed by atoms with van der Waals surface area (Å²) in [4.78, 5) is 24.9. The smallest absolute Gasteiger partial charge is 0.141 e. The molecule has 5 heteroatoms. The molecule has 3 rings (SSSR count). The number of furan rings is 1. The van der Waals surface area contributed by atoms with E-state index in [2.05, 4.69) is 0 Å². The average molecular weight is 406 g/mol. The highest BCUT2D eigenvalue weighted by molar-refractivity contribution is 6.01. The summed E-state index contributed by atoms with van der Waals surface area (Å²) in [6, 6.07) is 16.9. The van der Waals surface area contributed by atoms with E-state index in [0.717, 1.165) is 22.4 Å². The van der Waals surface area contributed by atoms with Crippen molar-refractivity contribution >= 4 is 11.6 Å². The molecule has 0 fully saturated rings. The molecule has 156 valence electrons. The zero-order valence-electron chi connectivity index (χ0n) is 17.9. The summed E-state index contributed by atoms with van der Waals surface area (Å²) in [5, 5.41) is 0. The van der Waals surface area contributed by atoms with Crippen molar-refractivity contribution in [2.45, 2.75) is 26.7 Å². The molecular formula is C25H26O5. The van der Waals surface area contributed by atoms with Gasteiger partial charge in [0.2, 0.25) is 0 Å². The van der Waals surface area contributed by atoms with Crippen LogP contribution in [0.2, 0.25) is 0 Å². The Balaban J connectivity index is 2.11. The lowest BCUT2D eigenvalue weighted by Gasteiger charge is -2.24. The number of ketones is 2. The minimum Gasteiger partial charge on any atom is -0.497 e. The third-order valence-corrected chi connectivity index (χ3v) is 5.35. The lowest BCUT2D eigenvalue weighted by molar-refractivity contribution is -0.130. The number of hydrogen-bond acceptors (Lipinski definition) is 5. The van der Waals surface area contributed by atoms with Crippen LogP contribution in [-0.2, 0) is 9.59 Å². The van der Waals surface area contributed by atoms with Gasteiger partial charge in [0.1, 0.15) is 34.6 Å². The molecule has 0 radical (unpaired) electrons. The zero-order valence-corrected chi connectivity index (χ0v) is 17.9. The molecule has 0 amide bonds. The monoisotopic (exact) mass is 406 g/mol. The van der Waals surface area contributed by atoms with Crippen LogP contribution in [0, 0.1) is 12.8 Å². The van der Waals surface area contributed by atoms with Crippen LogP contribution in [0.1, 0.15) is 36.7 Å². The summed E-state index contributed by atoms with van der Waals surface area (Å²) < 4.78 is 16.5. The molecule has 1 aromatic heterocycles. The highest BCUT2D eigenvalue weighted by atomic mass is 16.5. The number of benzene rings is 2. The molecule has 5 nitrogen and oxygen atoms in total. The summed E-state index contributed by atoms with van der Waals surface area (Å²) in [6.45, 7) is 4.78. The van der Waals surface area contributed by atoms with Crippen molar-refractivity contribution in [3.05, 3.63) is 71.5 Å². The third kappa shape index (κ3) is 4.30. The molecule has 0 saturated heterocycles. The van der Waals surface area contributed by atoms with E-state index in [1.807, 2.05) is 61.5 Å². The summed E-state index contributed by atoms with van der Waals surface area (Å²) in [6.07, 6.45) is 0. The zero-order chi connectivity index (χ0) is 21.8. The van der Waals surface area contributed by atoms with Crippen molar-refractivity contribution < 1.29 is 23.5 Å². The molecule has 0 spiro atoms. The van der Waals surface area contributed by atoms with Gasteiger partial charge in [-0.05, 0) is 68.8 Å². The lowest BCUT2D eigenvalue weighted by atomic mass is 9.77. The van der Waals surface area contributed by atoms with Crippen molar-refractivity contribution in [1.29, 1.82) is 0 Å². The standard InChI is InChI=1S/C25H26O5/c1-15(26)24(16(2)27)25(19-8-12-21(29-5)13-9-19)22-14-23(30-17(22)3)18-6-10-20(28-4)11-7-18/h6-14,24-25H,1-5H3. The summed E-state index contributed by atoms with van der Waals surface area (Å²) in [5.74, 6) is 1.24. The molecule has 2 aromatic carbocycles. The first-order chi connectivity index (χ1) is 14.3. The van der Waals surface area contributed by atoms with E-state index in [1.165, 1.54) is 13.8 Å². The Morgan fingerprint density at radius 1 is 0.833 bits per heavy atom. The second kappa shape index (κ2) is 8.99. The van der Waals surface area contributed by atoms with Gasteiger partial charge in [-0.2, -0.15) is 0 Å². The van der Waals surface area contributed by atoms with Gasteiger partial charge in [0.25, 0.3) is 0 Å². The first-order valence-electron chi connectivity index (χ1n) is 9.75. The van der Waals surface area contributed by atoms with Crippen molar-refractivity contribution in [2.24, 2.45) is 5.92 Å². The van der Waals surface area contributed by atoms with Crippen LogP contribution in [-0.4, -0.2) is 25.8 Å². The normalized spacial score (nSPS) is 11.9. The number of carbonyl (C=O) groups is 2. The topological polar surface area (TPSA) is 65.7 Å². The Kier molecular flexibility index (Phi) is 6.40. The van der Waals surface area contributed by atoms with Gasteiger partial charge in [-0.25, -0.2) is 0 Å². The van der Waals surface area contributed by atoms with Crippen molar-refractivity contribution in [2.75, 3.05) is 14.2 Å². The van der Waals surface area contributed by atoms with Gasteiger partial charge >= 0.3 is 0 Å². The number of rotatable bonds is 8. The van der Waals surface area contributed by atoms with Crippen LogP contribution in [0.4, 0.5) is 0 Å². The predicted molar refractivity (Wildman–Crippen MR) is 115 cm³/mol. The fourth-order valence-electron chi connectivity index (χ4n) is 3.82. The second-order valence-corrected chi connectivity index (χ2v) is 7.30. The third-order valence-electron chi connectivity index (χ3n) is 5.35. The van der Waals surface area contributed by atoms with Crippen LogP contribution < -0.4 is 9.47 Å². The van der Waals surface area contributed by atoms with Crippen LogP contribution in [0.3, 0.4) is 0 Å². The number of Topliss-reactive ketones (excluding diaryl/α,β-unsaturated/α-hetero) is 2. The maximum atomic E-state index is 12.5. The Morgan fingerprint density at radius 3 is 1.80 bits per heavy atom. The number of methoxy groups -OCH3 is 2. The molecule has 1 unspecified atom stereocenters. The number of ether oxygens (including phenoxy) is 2. The summed E-state index contributed by atoms with van der Waals surface area (Å²) in [7, 11) is 3.22. The fourth-order valence-corrected chi connectivity index (χ4v) is 3.82. The van der Waals surface area contributed by atoms with Gasteiger partial charge in [0.05, 0.1) is 20.1 Å². The molecule has 0 saturated carbocycles. The molecule has 0 aliphatic rings. The molecule has 3 aromatic rings. The first kappa shape index (κ1) is 21.4. The Morgan fingerprint density at radius 2 is 1.33 bits per heavy atom. The van der Waals surface area contributed by atoms with Crippen molar-refractivity contribution in [3.8, 4) is 22.8 Å². The fraction of sp³-hybridized carbons (Fsp3) is 0.280. The molecule has 1 heterocycles. The molecule has 0 aliphatic heterocycles. The Hall–Kier alpha value is -3.34. The van der Waals surface area contributed by atoms with E-state index in [4.69, 9.17) is 13.9 Å². The van der Waals surface area contributed by atoms with Crippen molar-refractivity contribution in [3.63, 3.8) is 0 Å². The second-order valence-electron chi connectivity index (χ2n) is 7.30. The van der Waals surface area contributed by atoms with Gasteiger partial charge in [-0.15, -0.1) is 0 Å². The van der Waals surface area contributed by atoms with Crippen molar-refractivity contribution in [1.82, 2.24) is 0 Å². The highest BCUT2D eigenvalue weighted by Crippen LogP contribution is 2.39. The van der Waals surface area contributed by atoms with Gasteiger partial charge in [-0.1, -0.05) is 12.1 Å². The van der Waals surface area contributed by atoms with E-state index in [1.54, 1.807) is 14.2 Å². The molecular weight excluding hydrogens is 380 g/mol. The minimum absolute atomic E-state index is 0.171.